The summed E-state index contributed by atoms with van der Waals surface area (Å²) in [5.41, 5.74) is 0. The summed E-state index contributed by atoms with van der Waals surface area (Å²) < 4.78 is 0. The van der Waals surface area contributed by atoms with Crippen molar-refractivity contribution in [1.29, 1.82) is 0 Å². The Morgan fingerprint density at radius 1 is 1.80 bits per heavy atom. The SMILES string of the molecule is O=N/C(=N\O)C1=NCCN1. The quantitative estimate of drug-likeness (QED) is 0.171. The van der Waals surface area contributed by atoms with Gasteiger partial charge in [-0.2, -0.15) is 0 Å². The van der Waals surface area contributed by atoms with Crippen LogP contribution >= 0.6 is 0 Å². The second-order valence-electron chi connectivity index (χ2n) is 1.67. The maximum absolute atomic E-state index is 9.86. The van der Waals surface area contributed by atoms with Crippen molar-refractivity contribution in [3.8, 4) is 0 Å². The van der Waals surface area contributed by atoms with Crippen LogP contribution in [0.2, 0.25) is 0 Å². The molecule has 0 amide bonds. The molecule has 0 radical (unpaired) electrons. The van der Waals surface area contributed by atoms with Crippen LogP contribution in [0.4, 0.5) is 0 Å². The van der Waals surface area contributed by atoms with E-state index in [1.54, 1.807) is 0 Å². The molecule has 0 aromatic carbocycles. The average Bonchev–Trinajstić information content (AvgIpc) is 2.43. The summed E-state index contributed by atoms with van der Waals surface area (Å²) in [7, 11) is 0. The highest BCUT2D eigenvalue weighted by Gasteiger charge is 2.12. The molecule has 0 atom stereocenters. The van der Waals surface area contributed by atoms with Gasteiger partial charge in [-0.05, 0) is 5.18 Å². The lowest BCUT2D eigenvalue weighted by molar-refractivity contribution is 0.319. The Bertz CT molecular complexity index is 197. The highest BCUT2D eigenvalue weighted by atomic mass is 16.4. The summed E-state index contributed by atoms with van der Waals surface area (Å²) in [6.45, 7) is 1.24. The van der Waals surface area contributed by atoms with E-state index in [2.05, 4.69) is 20.6 Å². The first-order chi connectivity index (χ1) is 4.88. The first-order valence-corrected chi connectivity index (χ1v) is 2.72. The molecule has 1 rings (SSSR count). The Hall–Kier alpha value is -1.46. The second kappa shape index (κ2) is 2.90. The molecular weight excluding hydrogens is 136 g/mol. The molecular formula is C4H6N4O2. The largest absolute Gasteiger partial charge is 0.409 e. The number of nitrogens with zero attached hydrogens (tertiary/aromatic N) is 3. The van der Waals surface area contributed by atoms with Crippen molar-refractivity contribution in [2.75, 3.05) is 13.1 Å². The number of hydrogen-bond donors (Lipinski definition) is 2. The first-order valence-electron chi connectivity index (χ1n) is 2.72. The molecule has 0 unspecified atom stereocenters. The number of aliphatic imine (C=N–C) groups is 1. The zero-order chi connectivity index (χ0) is 7.40. The van der Waals surface area contributed by atoms with Crippen LogP contribution < -0.4 is 5.32 Å². The van der Waals surface area contributed by atoms with Gasteiger partial charge in [-0.25, -0.2) is 0 Å². The molecule has 54 valence electrons. The predicted octanol–water partition coefficient (Wildman–Crippen LogP) is -0.458. The summed E-state index contributed by atoms with van der Waals surface area (Å²) in [5, 5.41) is 16.0. The lowest BCUT2D eigenvalue weighted by Gasteiger charge is -1.93. The predicted molar refractivity (Wildman–Crippen MR) is 35.3 cm³/mol. The Morgan fingerprint density at radius 2 is 2.60 bits per heavy atom. The van der Waals surface area contributed by atoms with Crippen molar-refractivity contribution in [1.82, 2.24) is 5.32 Å². The van der Waals surface area contributed by atoms with Crippen molar-refractivity contribution in [3.63, 3.8) is 0 Å². The van der Waals surface area contributed by atoms with Crippen LogP contribution in [0, 0.1) is 4.91 Å². The van der Waals surface area contributed by atoms with Gasteiger partial charge in [0.25, 0.3) is 5.84 Å². The maximum atomic E-state index is 9.86. The zero-order valence-electron chi connectivity index (χ0n) is 5.11. The summed E-state index contributed by atoms with van der Waals surface area (Å²) in [5.74, 6) is -0.0324. The fraction of sp³-hybridized carbons (Fsp3) is 0.500. The van der Waals surface area contributed by atoms with E-state index in [1.165, 1.54) is 0 Å². The molecule has 0 saturated carbocycles. The van der Waals surface area contributed by atoms with E-state index in [0.29, 0.717) is 13.1 Å². The minimum Gasteiger partial charge on any atom is -0.409 e. The van der Waals surface area contributed by atoms with E-state index in [0.717, 1.165) is 0 Å². The third-order valence-corrected chi connectivity index (χ3v) is 1.07. The standard InChI is InChI=1S/C4H6N4O2/c9-7-4(8-10)3-5-1-2-6-3/h9H,1-2H2,(H,5,6)/b7-4-. The zero-order valence-corrected chi connectivity index (χ0v) is 5.11. The lowest BCUT2D eigenvalue weighted by atomic mass is 10.5. The van der Waals surface area contributed by atoms with Crippen LogP contribution in [0.3, 0.4) is 0 Å². The van der Waals surface area contributed by atoms with Gasteiger partial charge in [0.05, 0.1) is 6.54 Å². The molecule has 0 saturated heterocycles. The Balaban J connectivity index is 2.71. The number of oxime groups is 1. The first kappa shape index (κ1) is 6.66. The lowest BCUT2D eigenvalue weighted by Crippen LogP contribution is -2.25. The van der Waals surface area contributed by atoms with Gasteiger partial charge in [-0.3, -0.25) is 4.99 Å². The molecule has 0 aliphatic carbocycles. The van der Waals surface area contributed by atoms with Crippen molar-refractivity contribution >= 4 is 11.7 Å². The average molecular weight is 142 g/mol. The molecule has 0 aromatic heterocycles. The van der Waals surface area contributed by atoms with Gasteiger partial charge >= 0.3 is 0 Å². The van der Waals surface area contributed by atoms with Crippen LogP contribution in [0.15, 0.2) is 15.3 Å². The van der Waals surface area contributed by atoms with Crippen LogP contribution in [-0.4, -0.2) is 30.0 Å². The number of amidine groups is 2. The number of nitrogens with one attached hydrogen (secondary N) is 1. The van der Waals surface area contributed by atoms with Crippen LogP contribution in [0.25, 0.3) is 0 Å². The Labute approximate surface area is 56.6 Å². The molecule has 1 aliphatic rings. The third-order valence-electron chi connectivity index (χ3n) is 1.07. The summed E-state index contributed by atoms with van der Waals surface area (Å²) >= 11 is 0. The topological polar surface area (TPSA) is 86.4 Å². The molecule has 2 N–H and O–H groups in total. The second-order valence-corrected chi connectivity index (χ2v) is 1.67. The van der Waals surface area contributed by atoms with Gasteiger partial charge in [-0.1, -0.05) is 5.16 Å². The van der Waals surface area contributed by atoms with Gasteiger partial charge in [0.2, 0.25) is 0 Å². The molecule has 6 heteroatoms. The van der Waals surface area contributed by atoms with Crippen LogP contribution in [0.5, 0.6) is 0 Å². The smallest absolute Gasteiger partial charge is 0.275 e. The van der Waals surface area contributed by atoms with Crippen molar-refractivity contribution in [2.24, 2.45) is 15.3 Å². The fourth-order valence-corrected chi connectivity index (χ4v) is 0.657. The molecule has 10 heavy (non-hydrogen) atoms. The third kappa shape index (κ3) is 1.09. The van der Waals surface area contributed by atoms with Crippen LogP contribution in [-0.2, 0) is 0 Å². The van der Waals surface area contributed by atoms with Gasteiger partial charge < -0.3 is 10.5 Å². The van der Waals surface area contributed by atoms with Crippen molar-refractivity contribution in [3.05, 3.63) is 4.91 Å². The number of hydrogen-bond acceptors (Lipinski definition) is 5. The van der Waals surface area contributed by atoms with Gasteiger partial charge in [0.1, 0.15) is 0 Å². The van der Waals surface area contributed by atoms with Crippen LogP contribution in [0.1, 0.15) is 0 Å². The molecule has 0 aromatic rings. The Morgan fingerprint density at radius 3 is 3.00 bits per heavy atom. The van der Waals surface area contributed by atoms with E-state index in [9.17, 15) is 4.91 Å². The molecule has 0 fully saturated rings. The summed E-state index contributed by atoms with van der Waals surface area (Å²) in [4.78, 5) is 13.7. The van der Waals surface area contributed by atoms with E-state index in [4.69, 9.17) is 5.21 Å². The van der Waals surface area contributed by atoms with E-state index < -0.39 is 0 Å². The summed E-state index contributed by atoms with van der Waals surface area (Å²) in [6.07, 6.45) is 0. The summed E-state index contributed by atoms with van der Waals surface area (Å²) in [6, 6.07) is 0. The van der Waals surface area contributed by atoms with Gasteiger partial charge in [0.15, 0.2) is 5.84 Å². The minimum absolute atomic E-state index is 0.262. The Kier molecular flexibility index (Phi) is 1.93. The molecule has 6 nitrogen and oxygen atoms in total. The van der Waals surface area contributed by atoms with Gasteiger partial charge in [0, 0.05) is 6.54 Å². The fourth-order valence-electron chi connectivity index (χ4n) is 0.657. The number of nitroso groups, excluding NO2 is 1. The van der Waals surface area contributed by atoms with E-state index in [-0.39, 0.29) is 11.7 Å². The number of rotatable bonds is 1. The molecule has 1 aliphatic heterocycles. The van der Waals surface area contributed by atoms with Crippen molar-refractivity contribution < 1.29 is 5.21 Å². The highest BCUT2D eigenvalue weighted by Crippen LogP contribution is 1.89. The maximum Gasteiger partial charge on any atom is 0.275 e. The monoisotopic (exact) mass is 142 g/mol. The highest BCUT2D eigenvalue weighted by molar-refractivity contribution is 6.40. The van der Waals surface area contributed by atoms with E-state index >= 15 is 0 Å². The molecule has 0 bridgehead atoms. The molecule has 1 heterocycles. The van der Waals surface area contributed by atoms with Crippen molar-refractivity contribution in [2.45, 2.75) is 0 Å². The van der Waals surface area contributed by atoms with E-state index in [1.807, 2.05) is 0 Å². The minimum atomic E-state index is -0.294. The normalized spacial score (nSPS) is 18.0. The van der Waals surface area contributed by atoms with Gasteiger partial charge in [-0.15, -0.1) is 4.91 Å². The molecule has 0 spiro atoms.